The van der Waals surface area contributed by atoms with Crippen molar-refractivity contribution in [2.24, 2.45) is 0 Å². The van der Waals surface area contributed by atoms with Crippen LogP contribution >= 0.6 is 0 Å². The maximum atomic E-state index is 10.4. The van der Waals surface area contributed by atoms with E-state index in [1.165, 1.54) is 0 Å². The fourth-order valence-corrected chi connectivity index (χ4v) is 2.59. The maximum Gasteiger partial charge on any atom is 0.0931 e. The monoisotopic (exact) mass is 250 g/mol. The first kappa shape index (κ1) is 13.3. The molecule has 1 aliphatic rings. The predicted octanol–water partition coefficient (Wildman–Crippen LogP) is 1.88. The molecule has 1 aromatic heterocycles. The molecule has 100 valence electrons. The number of aromatic nitrogens is 1. The van der Waals surface area contributed by atoms with Crippen LogP contribution in [0.3, 0.4) is 0 Å². The molecule has 0 aliphatic heterocycles. The van der Waals surface area contributed by atoms with Crippen molar-refractivity contribution in [3.05, 3.63) is 24.0 Å². The molecule has 1 atom stereocenters. The summed E-state index contributed by atoms with van der Waals surface area (Å²) >= 11 is 0. The number of hydrogen-bond donors (Lipinski definition) is 2. The Labute approximate surface area is 108 Å². The van der Waals surface area contributed by atoms with Gasteiger partial charge in [0.05, 0.1) is 29.3 Å². The van der Waals surface area contributed by atoms with Gasteiger partial charge in [0, 0.05) is 13.6 Å². The lowest BCUT2D eigenvalue weighted by molar-refractivity contribution is 0.0559. The van der Waals surface area contributed by atoms with E-state index in [0.29, 0.717) is 12.2 Å². The van der Waals surface area contributed by atoms with Gasteiger partial charge in [-0.15, -0.1) is 0 Å². The van der Waals surface area contributed by atoms with Gasteiger partial charge < -0.3 is 15.1 Å². The van der Waals surface area contributed by atoms with Crippen LogP contribution in [0.5, 0.6) is 0 Å². The highest BCUT2D eigenvalue weighted by Crippen LogP contribution is 2.31. The Morgan fingerprint density at radius 3 is 2.56 bits per heavy atom. The van der Waals surface area contributed by atoms with Crippen LogP contribution in [0.4, 0.5) is 5.69 Å². The van der Waals surface area contributed by atoms with Crippen LogP contribution in [0.15, 0.2) is 18.3 Å². The minimum Gasteiger partial charge on any atom is -0.388 e. The van der Waals surface area contributed by atoms with Gasteiger partial charge in [0.15, 0.2) is 0 Å². The van der Waals surface area contributed by atoms with Crippen LogP contribution in [0.2, 0.25) is 0 Å². The van der Waals surface area contributed by atoms with Crippen LogP contribution in [0.1, 0.15) is 44.4 Å². The molecule has 4 heteroatoms. The number of nitrogens with zero attached hydrogens (tertiary/aromatic N) is 2. The van der Waals surface area contributed by atoms with Crippen molar-refractivity contribution in [2.75, 3.05) is 18.5 Å². The van der Waals surface area contributed by atoms with Crippen molar-refractivity contribution in [2.45, 2.75) is 44.3 Å². The lowest BCUT2D eigenvalue weighted by Crippen LogP contribution is -2.39. The van der Waals surface area contributed by atoms with Crippen LogP contribution in [0, 0.1) is 0 Å². The molecule has 1 saturated carbocycles. The average molecular weight is 250 g/mol. The van der Waals surface area contributed by atoms with Crippen molar-refractivity contribution >= 4 is 5.69 Å². The predicted molar refractivity (Wildman–Crippen MR) is 71.6 cm³/mol. The first-order valence-electron chi connectivity index (χ1n) is 6.58. The van der Waals surface area contributed by atoms with Gasteiger partial charge in [0.2, 0.25) is 0 Å². The van der Waals surface area contributed by atoms with Crippen LogP contribution in [-0.2, 0) is 0 Å². The van der Waals surface area contributed by atoms with Crippen molar-refractivity contribution in [3.63, 3.8) is 0 Å². The third-order valence-electron chi connectivity index (χ3n) is 3.71. The highest BCUT2D eigenvalue weighted by Gasteiger charge is 2.32. The third-order valence-corrected chi connectivity index (χ3v) is 3.71. The number of rotatable bonds is 4. The van der Waals surface area contributed by atoms with E-state index in [9.17, 15) is 10.2 Å². The summed E-state index contributed by atoms with van der Waals surface area (Å²) in [6.45, 7) is 2.34. The van der Waals surface area contributed by atoms with Gasteiger partial charge in [-0.3, -0.25) is 4.98 Å². The zero-order chi connectivity index (χ0) is 13.2. The molecule has 1 aliphatic carbocycles. The van der Waals surface area contributed by atoms with Crippen molar-refractivity contribution in [1.29, 1.82) is 0 Å². The van der Waals surface area contributed by atoms with Crippen molar-refractivity contribution in [3.8, 4) is 0 Å². The van der Waals surface area contributed by atoms with Gasteiger partial charge in [-0.2, -0.15) is 0 Å². The van der Waals surface area contributed by atoms with Gasteiger partial charge >= 0.3 is 0 Å². The molecular weight excluding hydrogens is 228 g/mol. The van der Waals surface area contributed by atoms with E-state index in [4.69, 9.17) is 0 Å². The summed E-state index contributed by atoms with van der Waals surface area (Å²) in [5.41, 5.74) is 1.10. The molecule has 0 saturated heterocycles. The van der Waals surface area contributed by atoms with E-state index < -0.39 is 11.7 Å². The Balaban J connectivity index is 2.02. The number of aliphatic hydroxyl groups is 2. The maximum absolute atomic E-state index is 10.4. The molecule has 0 spiro atoms. The lowest BCUT2D eigenvalue weighted by Gasteiger charge is -2.29. The quantitative estimate of drug-likeness (QED) is 0.856. The minimum absolute atomic E-state index is 0.539. The molecule has 4 nitrogen and oxygen atoms in total. The van der Waals surface area contributed by atoms with Gasteiger partial charge in [0.1, 0.15) is 0 Å². The number of pyridine rings is 1. The molecule has 0 amide bonds. The van der Waals surface area contributed by atoms with Gasteiger partial charge in [-0.05, 0) is 31.9 Å². The van der Waals surface area contributed by atoms with Crippen LogP contribution < -0.4 is 4.90 Å². The number of anilines is 1. The summed E-state index contributed by atoms with van der Waals surface area (Å²) in [5, 5.41) is 19.8. The third kappa shape index (κ3) is 3.00. The second kappa shape index (κ2) is 5.24. The fraction of sp³-hybridized carbons (Fsp3) is 0.643. The van der Waals surface area contributed by atoms with Gasteiger partial charge in [-0.25, -0.2) is 0 Å². The first-order valence-corrected chi connectivity index (χ1v) is 6.58. The lowest BCUT2D eigenvalue weighted by atomic mass is 10.0. The molecule has 1 heterocycles. The Morgan fingerprint density at radius 1 is 1.39 bits per heavy atom. The summed E-state index contributed by atoms with van der Waals surface area (Å²) in [5.74, 6) is 0. The normalized spacial score (nSPS) is 19.8. The summed E-state index contributed by atoms with van der Waals surface area (Å²) in [6.07, 6.45) is 5.21. The molecule has 2 rings (SSSR count). The zero-order valence-corrected chi connectivity index (χ0v) is 11.1. The standard InChI is InChI=1S/C14H22N2O2/c1-11(17)13-6-5-12(9-15-13)16(2)10-14(18)7-3-4-8-14/h5-6,9,11,17-18H,3-4,7-8,10H2,1-2H3/t11-/m0/s1. The topological polar surface area (TPSA) is 56.6 Å². The number of likely N-dealkylation sites (N-methyl/N-ethyl adjacent to an activating group) is 1. The second-order valence-electron chi connectivity index (χ2n) is 5.40. The Bertz CT molecular complexity index is 383. The van der Waals surface area contributed by atoms with Crippen LogP contribution in [-0.4, -0.2) is 34.4 Å². The average Bonchev–Trinajstić information content (AvgIpc) is 2.76. The molecule has 0 aromatic carbocycles. The van der Waals surface area contributed by atoms with E-state index in [2.05, 4.69) is 4.98 Å². The molecular formula is C14H22N2O2. The van der Waals surface area contributed by atoms with E-state index in [1.54, 1.807) is 13.1 Å². The SMILES string of the molecule is C[C@H](O)c1ccc(N(C)CC2(O)CCCC2)cn1. The van der Waals surface area contributed by atoms with E-state index >= 15 is 0 Å². The summed E-state index contributed by atoms with van der Waals surface area (Å²) in [4.78, 5) is 6.26. The fourth-order valence-electron chi connectivity index (χ4n) is 2.59. The molecule has 0 radical (unpaired) electrons. The highest BCUT2D eigenvalue weighted by molar-refractivity contribution is 5.44. The smallest absolute Gasteiger partial charge is 0.0931 e. The first-order chi connectivity index (χ1) is 8.50. The number of hydrogen-bond acceptors (Lipinski definition) is 4. The van der Waals surface area contributed by atoms with Gasteiger partial charge in [0.25, 0.3) is 0 Å². The minimum atomic E-state index is -0.544. The Kier molecular flexibility index (Phi) is 3.88. The van der Waals surface area contributed by atoms with Gasteiger partial charge in [-0.1, -0.05) is 12.8 Å². The molecule has 18 heavy (non-hydrogen) atoms. The second-order valence-corrected chi connectivity index (χ2v) is 5.40. The summed E-state index contributed by atoms with van der Waals surface area (Å²) in [6, 6.07) is 3.77. The van der Waals surface area contributed by atoms with E-state index in [-0.39, 0.29) is 0 Å². The summed E-state index contributed by atoms with van der Waals surface area (Å²) < 4.78 is 0. The molecule has 1 fully saturated rings. The number of aliphatic hydroxyl groups excluding tert-OH is 1. The molecule has 2 N–H and O–H groups in total. The summed E-state index contributed by atoms with van der Waals surface area (Å²) in [7, 11) is 1.97. The highest BCUT2D eigenvalue weighted by atomic mass is 16.3. The zero-order valence-electron chi connectivity index (χ0n) is 11.1. The molecule has 1 aromatic rings. The Hall–Kier alpha value is -1.13. The molecule has 0 unspecified atom stereocenters. The van der Waals surface area contributed by atoms with Crippen molar-refractivity contribution in [1.82, 2.24) is 4.98 Å². The van der Waals surface area contributed by atoms with Crippen LogP contribution in [0.25, 0.3) is 0 Å². The van der Waals surface area contributed by atoms with Crippen molar-refractivity contribution < 1.29 is 10.2 Å². The van der Waals surface area contributed by atoms with E-state index in [1.807, 2.05) is 24.1 Å². The largest absolute Gasteiger partial charge is 0.388 e. The van der Waals surface area contributed by atoms with E-state index in [0.717, 1.165) is 31.4 Å². The Morgan fingerprint density at radius 2 is 2.06 bits per heavy atom. The molecule has 0 bridgehead atoms.